The lowest BCUT2D eigenvalue weighted by Crippen LogP contribution is -2.58. The molecular formula is C15H18N2O4. The zero-order chi connectivity index (χ0) is 15.4. The summed E-state index contributed by atoms with van der Waals surface area (Å²) in [6.45, 7) is 3.65. The number of nitrogens with zero attached hydrogens (tertiary/aromatic N) is 1. The third-order valence-corrected chi connectivity index (χ3v) is 3.41. The summed E-state index contributed by atoms with van der Waals surface area (Å²) in [5.41, 5.74) is 0.992. The van der Waals surface area contributed by atoms with E-state index < -0.39 is 17.9 Å². The Hall–Kier alpha value is -2.37. The molecule has 0 aromatic heterocycles. The SMILES string of the molecule is Cc1ccccc1OCCC(=O)N1CC(=O)NC(=O)C1C. The summed E-state index contributed by atoms with van der Waals surface area (Å²) in [5.74, 6) is -0.434. The van der Waals surface area contributed by atoms with E-state index in [4.69, 9.17) is 4.74 Å². The van der Waals surface area contributed by atoms with Crippen molar-refractivity contribution in [3.8, 4) is 5.75 Å². The van der Waals surface area contributed by atoms with Gasteiger partial charge in [-0.15, -0.1) is 0 Å². The van der Waals surface area contributed by atoms with E-state index in [0.717, 1.165) is 11.3 Å². The standard InChI is InChI=1S/C15H18N2O4/c1-10-5-3-4-6-12(10)21-8-7-14(19)17-9-13(18)16-15(20)11(17)2/h3-6,11H,7-9H2,1-2H3,(H,16,18,20). The number of nitrogens with one attached hydrogen (secondary N) is 1. The van der Waals surface area contributed by atoms with Crippen LogP contribution < -0.4 is 10.1 Å². The molecule has 1 unspecified atom stereocenters. The van der Waals surface area contributed by atoms with Crippen molar-refractivity contribution in [2.24, 2.45) is 0 Å². The molecule has 1 heterocycles. The number of hydrogen-bond acceptors (Lipinski definition) is 4. The Balaban J connectivity index is 1.88. The van der Waals surface area contributed by atoms with Crippen molar-refractivity contribution in [2.75, 3.05) is 13.2 Å². The van der Waals surface area contributed by atoms with Gasteiger partial charge in [-0.1, -0.05) is 18.2 Å². The van der Waals surface area contributed by atoms with Gasteiger partial charge >= 0.3 is 0 Å². The van der Waals surface area contributed by atoms with Crippen molar-refractivity contribution in [3.05, 3.63) is 29.8 Å². The lowest BCUT2D eigenvalue weighted by atomic mass is 10.2. The summed E-state index contributed by atoms with van der Waals surface area (Å²) in [7, 11) is 0. The molecular weight excluding hydrogens is 272 g/mol. The number of ether oxygens (including phenoxy) is 1. The maximum Gasteiger partial charge on any atom is 0.249 e. The van der Waals surface area contributed by atoms with Crippen LogP contribution in [-0.2, 0) is 14.4 Å². The fraction of sp³-hybridized carbons (Fsp3) is 0.400. The molecule has 6 nitrogen and oxygen atoms in total. The Morgan fingerprint density at radius 2 is 2.10 bits per heavy atom. The first-order valence-electron chi connectivity index (χ1n) is 6.80. The molecule has 2 rings (SSSR count). The van der Waals surface area contributed by atoms with Crippen molar-refractivity contribution in [3.63, 3.8) is 0 Å². The van der Waals surface area contributed by atoms with Crippen LogP contribution >= 0.6 is 0 Å². The first-order valence-corrected chi connectivity index (χ1v) is 6.80. The molecule has 1 aromatic carbocycles. The fourth-order valence-electron chi connectivity index (χ4n) is 2.13. The quantitative estimate of drug-likeness (QED) is 0.826. The summed E-state index contributed by atoms with van der Waals surface area (Å²) in [5, 5.41) is 2.20. The molecule has 0 aliphatic carbocycles. The average molecular weight is 290 g/mol. The number of piperazine rings is 1. The molecule has 1 atom stereocenters. The predicted octanol–water partition coefficient (Wildman–Crippen LogP) is 0.637. The number of carbonyl (C=O) groups excluding carboxylic acids is 3. The fourth-order valence-corrected chi connectivity index (χ4v) is 2.13. The van der Waals surface area contributed by atoms with Crippen molar-refractivity contribution >= 4 is 17.7 Å². The van der Waals surface area contributed by atoms with Gasteiger partial charge in [-0.2, -0.15) is 0 Å². The maximum absolute atomic E-state index is 12.1. The lowest BCUT2D eigenvalue weighted by molar-refractivity contribution is -0.149. The van der Waals surface area contributed by atoms with Crippen molar-refractivity contribution < 1.29 is 19.1 Å². The van der Waals surface area contributed by atoms with E-state index in [0.29, 0.717) is 0 Å². The van der Waals surface area contributed by atoms with Gasteiger partial charge in [0.2, 0.25) is 17.7 Å². The Kier molecular flexibility index (Phi) is 4.57. The second kappa shape index (κ2) is 6.39. The normalized spacial score (nSPS) is 18.4. The second-order valence-electron chi connectivity index (χ2n) is 4.97. The van der Waals surface area contributed by atoms with E-state index >= 15 is 0 Å². The predicted molar refractivity (Wildman–Crippen MR) is 75.6 cm³/mol. The van der Waals surface area contributed by atoms with Gasteiger partial charge in [0.25, 0.3) is 0 Å². The van der Waals surface area contributed by atoms with Crippen molar-refractivity contribution in [1.29, 1.82) is 0 Å². The lowest BCUT2D eigenvalue weighted by Gasteiger charge is -2.31. The summed E-state index contributed by atoms with van der Waals surface area (Å²) >= 11 is 0. The summed E-state index contributed by atoms with van der Waals surface area (Å²) in [6.07, 6.45) is 0.124. The Labute approximate surface area is 123 Å². The number of aryl methyl sites for hydroxylation is 1. The summed E-state index contributed by atoms with van der Waals surface area (Å²) < 4.78 is 5.55. The van der Waals surface area contributed by atoms with E-state index in [9.17, 15) is 14.4 Å². The highest BCUT2D eigenvalue weighted by atomic mass is 16.5. The molecule has 1 saturated heterocycles. The molecule has 21 heavy (non-hydrogen) atoms. The zero-order valence-corrected chi connectivity index (χ0v) is 12.1. The monoisotopic (exact) mass is 290 g/mol. The third kappa shape index (κ3) is 3.59. The van der Waals surface area contributed by atoms with Crippen LogP contribution in [0.2, 0.25) is 0 Å². The maximum atomic E-state index is 12.1. The first kappa shape index (κ1) is 15.0. The van der Waals surface area contributed by atoms with Crippen LogP contribution in [-0.4, -0.2) is 41.8 Å². The van der Waals surface area contributed by atoms with Gasteiger partial charge in [-0.05, 0) is 25.5 Å². The van der Waals surface area contributed by atoms with Crippen molar-refractivity contribution in [1.82, 2.24) is 10.2 Å². The average Bonchev–Trinajstić information content (AvgIpc) is 2.44. The van der Waals surface area contributed by atoms with Crippen LogP contribution in [0.1, 0.15) is 18.9 Å². The second-order valence-corrected chi connectivity index (χ2v) is 4.97. The molecule has 1 aliphatic rings. The van der Waals surface area contributed by atoms with Gasteiger partial charge in [0.1, 0.15) is 18.3 Å². The van der Waals surface area contributed by atoms with Gasteiger partial charge in [0, 0.05) is 0 Å². The van der Waals surface area contributed by atoms with Gasteiger partial charge in [0.15, 0.2) is 0 Å². The molecule has 1 aromatic rings. The number of para-hydroxylation sites is 1. The van der Waals surface area contributed by atoms with Gasteiger partial charge in [-0.25, -0.2) is 0 Å². The molecule has 112 valence electrons. The Bertz CT molecular complexity index is 571. The van der Waals surface area contributed by atoms with E-state index in [1.807, 2.05) is 31.2 Å². The molecule has 6 heteroatoms. The zero-order valence-electron chi connectivity index (χ0n) is 12.1. The highest BCUT2D eigenvalue weighted by molar-refractivity contribution is 6.04. The largest absolute Gasteiger partial charge is 0.493 e. The molecule has 0 saturated carbocycles. The molecule has 3 amide bonds. The Morgan fingerprint density at radius 3 is 2.81 bits per heavy atom. The van der Waals surface area contributed by atoms with E-state index in [1.54, 1.807) is 6.92 Å². The minimum Gasteiger partial charge on any atom is -0.493 e. The van der Waals surface area contributed by atoms with E-state index in [2.05, 4.69) is 5.32 Å². The van der Waals surface area contributed by atoms with Gasteiger partial charge in [-0.3, -0.25) is 19.7 Å². The first-order chi connectivity index (χ1) is 9.99. The number of hydrogen-bond donors (Lipinski definition) is 1. The minimum atomic E-state index is -0.631. The number of amides is 3. The summed E-state index contributed by atoms with van der Waals surface area (Å²) in [4.78, 5) is 36.2. The van der Waals surface area contributed by atoms with Crippen LogP contribution in [0.3, 0.4) is 0 Å². The van der Waals surface area contributed by atoms with Crippen LogP contribution in [0.15, 0.2) is 24.3 Å². The molecule has 0 bridgehead atoms. The van der Waals surface area contributed by atoms with Crippen LogP contribution in [0.25, 0.3) is 0 Å². The van der Waals surface area contributed by atoms with E-state index in [-0.39, 0.29) is 25.5 Å². The molecule has 1 fully saturated rings. The Morgan fingerprint density at radius 1 is 1.38 bits per heavy atom. The van der Waals surface area contributed by atoms with Crippen LogP contribution in [0.4, 0.5) is 0 Å². The van der Waals surface area contributed by atoms with Gasteiger partial charge < -0.3 is 9.64 Å². The molecule has 1 N–H and O–H groups in total. The number of benzene rings is 1. The van der Waals surface area contributed by atoms with E-state index in [1.165, 1.54) is 4.90 Å². The molecule has 0 radical (unpaired) electrons. The third-order valence-electron chi connectivity index (χ3n) is 3.41. The molecule has 0 spiro atoms. The highest BCUT2D eigenvalue weighted by Gasteiger charge is 2.33. The highest BCUT2D eigenvalue weighted by Crippen LogP contribution is 2.16. The minimum absolute atomic E-state index is 0.0872. The number of carbonyl (C=O) groups is 3. The topological polar surface area (TPSA) is 75.7 Å². The van der Waals surface area contributed by atoms with Gasteiger partial charge in [0.05, 0.1) is 13.0 Å². The molecule has 1 aliphatic heterocycles. The smallest absolute Gasteiger partial charge is 0.249 e. The summed E-state index contributed by atoms with van der Waals surface area (Å²) in [6, 6.07) is 6.90. The number of rotatable bonds is 4. The van der Waals surface area contributed by atoms with Crippen LogP contribution in [0.5, 0.6) is 5.75 Å². The van der Waals surface area contributed by atoms with Crippen molar-refractivity contribution in [2.45, 2.75) is 26.3 Å². The number of imide groups is 1. The van der Waals surface area contributed by atoms with Crippen LogP contribution in [0, 0.1) is 6.92 Å².